The first-order valence-electron chi connectivity index (χ1n) is 22.1. The third-order valence-corrected chi connectivity index (χ3v) is 11.4. The lowest BCUT2D eigenvalue weighted by Gasteiger charge is -2.28. The molecule has 4 amide bonds. The third kappa shape index (κ3) is 12.0. The summed E-state index contributed by atoms with van der Waals surface area (Å²) in [6, 6.07) is 54.9. The number of hydrogen-bond donors (Lipinski definition) is 2. The summed E-state index contributed by atoms with van der Waals surface area (Å²) >= 11 is 0. The van der Waals surface area contributed by atoms with Crippen molar-refractivity contribution in [3.05, 3.63) is 204 Å². The molecule has 2 aliphatic heterocycles. The molecule has 0 unspecified atom stereocenters. The molecule has 6 aromatic carbocycles. The predicted molar refractivity (Wildman–Crippen MR) is 256 cm³/mol. The lowest BCUT2D eigenvalue weighted by molar-refractivity contribution is -0.138. The van der Waals surface area contributed by atoms with Crippen molar-refractivity contribution in [2.75, 3.05) is 26.8 Å². The Morgan fingerprint density at radius 2 is 0.985 bits per heavy atom. The van der Waals surface area contributed by atoms with Crippen molar-refractivity contribution in [3.8, 4) is 11.1 Å². The van der Waals surface area contributed by atoms with Crippen molar-refractivity contribution < 1.29 is 28.9 Å². The Kier molecular flexibility index (Phi) is 16.2. The molecule has 2 fully saturated rings. The highest BCUT2D eigenvalue weighted by Gasteiger charge is 2.41. The molecule has 2 heterocycles. The van der Waals surface area contributed by atoms with E-state index in [2.05, 4.69) is 20.9 Å². The SMILES string of the molecule is CCON=C1C[C@@H](C(=O)NCc2ccccc2)N(C(=O)C(c2ccccc2)c2ccccc2)C1.CON=C1C[C@@H](C(=O)NCc2ccccc2)N(C(=O)c2ccc(-c3ccccc3)cc2)C1. The van der Waals surface area contributed by atoms with Crippen LogP contribution < -0.4 is 10.6 Å². The topological polar surface area (TPSA) is 142 Å². The second kappa shape index (κ2) is 23.2. The van der Waals surface area contributed by atoms with Crippen LogP contribution in [0.1, 0.15) is 58.3 Å². The van der Waals surface area contributed by atoms with E-state index in [0.717, 1.165) is 33.4 Å². The molecule has 66 heavy (non-hydrogen) atoms. The van der Waals surface area contributed by atoms with Crippen LogP contribution in [0.2, 0.25) is 0 Å². The van der Waals surface area contributed by atoms with Crippen LogP contribution in [-0.4, -0.2) is 83.7 Å². The lowest BCUT2D eigenvalue weighted by atomic mass is 9.90. The van der Waals surface area contributed by atoms with Crippen molar-refractivity contribution in [3.63, 3.8) is 0 Å². The highest BCUT2D eigenvalue weighted by Crippen LogP contribution is 2.30. The minimum atomic E-state index is -0.648. The van der Waals surface area contributed by atoms with Gasteiger partial charge in [-0.25, -0.2) is 0 Å². The fourth-order valence-corrected chi connectivity index (χ4v) is 8.08. The summed E-state index contributed by atoms with van der Waals surface area (Å²) in [5.74, 6) is -1.24. The van der Waals surface area contributed by atoms with Gasteiger partial charge in [0.2, 0.25) is 17.7 Å². The smallest absolute Gasteiger partial charge is 0.254 e. The van der Waals surface area contributed by atoms with Crippen molar-refractivity contribution in [1.82, 2.24) is 20.4 Å². The van der Waals surface area contributed by atoms with Crippen LogP contribution in [-0.2, 0) is 37.1 Å². The van der Waals surface area contributed by atoms with Gasteiger partial charge in [0.15, 0.2) is 0 Å². The first-order chi connectivity index (χ1) is 32.3. The summed E-state index contributed by atoms with van der Waals surface area (Å²) in [5.41, 5.74) is 7.78. The van der Waals surface area contributed by atoms with Crippen LogP contribution in [0.25, 0.3) is 11.1 Å². The second-order valence-corrected chi connectivity index (χ2v) is 15.9. The van der Waals surface area contributed by atoms with Gasteiger partial charge in [-0.1, -0.05) is 174 Å². The van der Waals surface area contributed by atoms with E-state index in [0.29, 0.717) is 49.5 Å². The Balaban J connectivity index is 0.000000197. The molecule has 0 radical (unpaired) electrons. The summed E-state index contributed by atoms with van der Waals surface area (Å²) in [5, 5.41) is 14.1. The zero-order chi connectivity index (χ0) is 46.1. The molecule has 0 aromatic heterocycles. The van der Waals surface area contributed by atoms with Gasteiger partial charge in [0.1, 0.15) is 25.8 Å². The van der Waals surface area contributed by atoms with Gasteiger partial charge < -0.3 is 30.1 Å². The summed E-state index contributed by atoms with van der Waals surface area (Å²) in [7, 11) is 1.46. The second-order valence-electron chi connectivity index (χ2n) is 15.9. The monoisotopic (exact) mass is 882 g/mol. The number of likely N-dealkylation sites (tertiary alicyclic amines) is 2. The van der Waals surface area contributed by atoms with Crippen molar-refractivity contribution in [2.24, 2.45) is 10.3 Å². The number of nitrogens with zero attached hydrogens (tertiary/aromatic N) is 4. The molecule has 6 aromatic rings. The molecule has 0 bridgehead atoms. The molecule has 2 N–H and O–H groups in total. The number of amides is 4. The maximum atomic E-state index is 14.0. The zero-order valence-electron chi connectivity index (χ0n) is 37.2. The predicted octanol–water partition coefficient (Wildman–Crippen LogP) is 8.02. The minimum Gasteiger partial charge on any atom is -0.399 e. The van der Waals surface area contributed by atoms with Crippen LogP contribution in [0.15, 0.2) is 186 Å². The van der Waals surface area contributed by atoms with E-state index >= 15 is 0 Å². The van der Waals surface area contributed by atoms with E-state index in [1.807, 2.05) is 171 Å². The van der Waals surface area contributed by atoms with Crippen LogP contribution in [0.3, 0.4) is 0 Å². The first-order valence-corrected chi connectivity index (χ1v) is 22.1. The van der Waals surface area contributed by atoms with Crippen molar-refractivity contribution in [1.29, 1.82) is 0 Å². The molecular formula is C54H54N6O6. The standard InChI is InChI=1S/C28H29N3O3.C26H25N3O3/c1-2-34-30-24-18-25(27(32)29-19-21-12-6-3-7-13-21)31(20-24)28(33)26(22-14-8-4-9-15-22)23-16-10-5-11-17-23;1-32-28-23-16-24(25(30)27-17-19-8-4-2-5-9-19)29(18-23)26(31)22-14-12-21(13-15-22)20-10-6-3-7-11-20/h3-17,25-26H,2,18-20H2,1H3,(H,29,32);2-15,24H,16-18H2,1H3,(H,27,30)/t25-;24-/m00/s1. The minimum absolute atomic E-state index is 0.126. The third-order valence-electron chi connectivity index (χ3n) is 11.4. The normalized spacial score (nSPS) is 16.7. The van der Waals surface area contributed by atoms with E-state index in [-0.39, 0.29) is 36.7 Å². The average molecular weight is 883 g/mol. The molecule has 12 heteroatoms. The van der Waals surface area contributed by atoms with E-state index < -0.39 is 18.0 Å². The Bertz CT molecular complexity index is 2540. The lowest BCUT2D eigenvalue weighted by Crippen LogP contribution is -2.47. The highest BCUT2D eigenvalue weighted by atomic mass is 16.6. The molecule has 0 spiro atoms. The van der Waals surface area contributed by atoms with Crippen molar-refractivity contribution in [2.45, 2.75) is 50.9 Å². The summed E-state index contributed by atoms with van der Waals surface area (Å²) in [4.78, 5) is 66.8. The van der Waals surface area contributed by atoms with E-state index in [1.165, 1.54) is 7.11 Å². The quantitative estimate of drug-likeness (QED) is 0.106. The number of hydrogen-bond acceptors (Lipinski definition) is 8. The molecule has 2 saturated heterocycles. The average Bonchev–Trinajstić information content (AvgIpc) is 4.01. The van der Waals surface area contributed by atoms with E-state index in [9.17, 15) is 19.2 Å². The molecule has 12 nitrogen and oxygen atoms in total. The fraction of sp³-hybridized carbons (Fsp3) is 0.222. The van der Waals surface area contributed by atoms with E-state index in [1.54, 1.807) is 21.9 Å². The Morgan fingerprint density at radius 3 is 1.47 bits per heavy atom. The molecule has 2 atom stereocenters. The molecule has 0 aliphatic carbocycles. The van der Waals surface area contributed by atoms with Crippen LogP contribution >= 0.6 is 0 Å². The Hall–Kier alpha value is -7.86. The number of benzene rings is 6. The van der Waals surface area contributed by atoms with Crippen molar-refractivity contribution >= 4 is 35.1 Å². The summed E-state index contributed by atoms with van der Waals surface area (Å²) in [6.45, 7) is 3.61. The van der Waals surface area contributed by atoms with Gasteiger partial charge >= 0.3 is 0 Å². The first kappa shape index (κ1) is 46.1. The number of nitrogens with one attached hydrogen (secondary N) is 2. The van der Waals surface area contributed by atoms with Gasteiger partial charge in [-0.05, 0) is 52.4 Å². The number of carbonyl (C=O) groups excluding carboxylic acids is 4. The van der Waals surface area contributed by atoms with E-state index in [4.69, 9.17) is 9.68 Å². The highest BCUT2D eigenvalue weighted by molar-refractivity contribution is 6.05. The summed E-state index contributed by atoms with van der Waals surface area (Å²) in [6.07, 6.45) is 0.699. The summed E-state index contributed by atoms with van der Waals surface area (Å²) < 4.78 is 0. The zero-order valence-corrected chi connectivity index (χ0v) is 37.2. The molecule has 8 rings (SSSR count). The Morgan fingerprint density at radius 1 is 0.561 bits per heavy atom. The Labute approximate surface area is 385 Å². The maximum absolute atomic E-state index is 14.0. The molecule has 0 saturated carbocycles. The van der Waals surface area contributed by atoms with Gasteiger partial charge in [0, 0.05) is 31.5 Å². The molecular weight excluding hydrogens is 829 g/mol. The van der Waals surface area contributed by atoms with Gasteiger partial charge in [-0.2, -0.15) is 0 Å². The van der Waals surface area contributed by atoms with Gasteiger partial charge in [-0.3, -0.25) is 19.2 Å². The molecule has 2 aliphatic rings. The van der Waals surface area contributed by atoms with Gasteiger partial charge in [-0.15, -0.1) is 0 Å². The van der Waals surface area contributed by atoms with Gasteiger partial charge in [0.05, 0.1) is 30.4 Å². The van der Waals surface area contributed by atoms with Crippen LogP contribution in [0.5, 0.6) is 0 Å². The number of rotatable bonds is 14. The number of oxime groups is 2. The van der Waals surface area contributed by atoms with Crippen LogP contribution in [0, 0.1) is 0 Å². The number of carbonyl (C=O) groups is 4. The van der Waals surface area contributed by atoms with Crippen LogP contribution in [0.4, 0.5) is 0 Å². The maximum Gasteiger partial charge on any atom is 0.254 e. The fourth-order valence-electron chi connectivity index (χ4n) is 8.08. The molecule has 336 valence electrons. The largest absolute Gasteiger partial charge is 0.399 e. The van der Waals surface area contributed by atoms with Gasteiger partial charge in [0.25, 0.3) is 5.91 Å².